The molecule has 6 heteroatoms. The van der Waals surface area contributed by atoms with Gasteiger partial charge in [0.2, 0.25) is 5.91 Å². The average Bonchev–Trinajstić information content (AvgIpc) is 2.58. The van der Waals surface area contributed by atoms with Crippen LogP contribution in [0.3, 0.4) is 0 Å². The van der Waals surface area contributed by atoms with Gasteiger partial charge in [0.25, 0.3) is 0 Å². The molecule has 2 rings (SSSR count). The Morgan fingerprint density at radius 2 is 2.00 bits per heavy atom. The number of rotatable bonds is 3. The maximum atomic E-state index is 12.4. The highest BCUT2D eigenvalue weighted by Gasteiger charge is 2.32. The van der Waals surface area contributed by atoms with E-state index in [0.29, 0.717) is 13.0 Å². The van der Waals surface area contributed by atoms with Crippen LogP contribution in [0.1, 0.15) is 17.2 Å². The van der Waals surface area contributed by atoms with Crippen molar-refractivity contribution in [1.29, 1.82) is 0 Å². The number of nitrogens with zero attached hydrogens (tertiary/aromatic N) is 1. The van der Waals surface area contributed by atoms with Gasteiger partial charge in [0.05, 0.1) is 11.0 Å². The molecule has 0 saturated carbocycles. The quantitative estimate of drug-likeness (QED) is 0.835. The molecular formula is C14H19NO4S. The van der Waals surface area contributed by atoms with Gasteiger partial charge in [-0.1, -0.05) is 30.3 Å². The molecule has 20 heavy (non-hydrogen) atoms. The standard InChI is InChI=1S/C14H19NO4S/c1-19-11-14(16)15-8-7-13(20(17,18)10-9-15)12-5-3-2-4-6-12/h2-6,13H,7-11H2,1H3/t13-/m1/s1. The zero-order valence-electron chi connectivity index (χ0n) is 11.5. The highest BCUT2D eigenvalue weighted by molar-refractivity contribution is 7.91. The van der Waals surface area contributed by atoms with Crippen molar-refractivity contribution < 1.29 is 17.9 Å². The van der Waals surface area contributed by atoms with Crippen LogP contribution >= 0.6 is 0 Å². The Hall–Kier alpha value is -1.40. The third-order valence-electron chi connectivity index (χ3n) is 3.53. The van der Waals surface area contributed by atoms with E-state index >= 15 is 0 Å². The Morgan fingerprint density at radius 3 is 2.65 bits per heavy atom. The van der Waals surface area contributed by atoms with E-state index in [1.165, 1.54) is 7.11 Å². The summed E-state index contributed by atoms with van der Waals surface area (Å²) in [7, 11) is -1.77. The Labute approximate surface area is 119 Å². The first-order chi connectivity index (χ1) is 9.54. The molecular weight excluding hydrogens is 278 g/mol. The van der Waals surface area contributed by atoms with E-state index in [0.717, 1.165) is 5.56 Å². The maximum absolute atomic E-state index is 12.4. The lowest BCUT2D eigenvalue weighted by atomic mass is 10.1. The van der Waals surface area contributed by atoms with E-state index in [1.807, 2.05) is 30.3 Å². The second-order valence-electron chi connectivity index (χ2n) is 4.87. The molecule has 1 aliphatic heterocycles. The first-order valence-corrected chi connectivity index (χ1v) is 8.29. The fraction of sp³-hybridized carbons (Fsp3) is 0.500. The predicted molar refractivity (Wildman–Crippen MR) is 76.0 cm³/mol. The van der Waals surface area contributed by atoms with E-state index in [1.54, 1.807) is 4.90 Å². The van der Waals surface area contributed by atoms with Crippen LogP contribution in [-0.4, -0.2) is 51.8 Å². The van der Waals surface area contributed by atoms with E-state index in [2.05, 4.69) is 0 Å². The monoisotopic (exact) mass is 297 g/mol. The highest BCUT2D eigenvalue weighted by Crippen LogP contribution is 2.29. The molecule has 0 bridgehead atoms. The first kappa shape index (κ1) is 15.0. The van der Waals surface area contributed by atoms with Gasteiger partial charge in [0.15, 0.2) is 9.84 Å². The fourth-order valence-electron chi connectivity index (χ4n) is 2.45. The van der Waals surface area contributed by atoms with Crippen LogP contribution in [0, 0.1) is 0 Å². The molecule has 1 aromatic rings. The Balaban J connectivity index is 2.18. The van der Waals surface area contributed by atoms with Crippen molar-refractivity contribution >= 4 is 15.7 Å². The predicted octanol–water partition coefficient (Wildman–Crippen LogP) is 1.02. The number of sulfone groups is 1. The van der Waals surface area contributed by atoms with Gasteiger partial charge in [-0.05, 0) is 12.0 Å². The molecule has 0 aromatic heterocycles. The second kappa shape index (κ2) is 6.37. The lowest BCUT2D eigenvalue weighted by Gasteiger charge is -2.19. The van der Waals surface area contributed by atoms with Crippen LogP contribution in [0.4, 0.5) is 0 Å². The van der Waals surface area contributed by atoms with Crippen LogP contribution in [0.15, 0.2) is 30.3 Å². The van der Waals surface area contributed by atoms with Crippen molar-refractivity contribution in [2.75, 3.05) is 32.6 Å². The van der Waals surface area contributed by atoms with Gasteiger partial charge in [0, 0.05) is 20.2 Å². The van der Waals surface area contributed by atoms with Crippen molar-refractivity contribution in [3.63, 3.8) is 0 Å². The SMILES string of the molecule is COCC(=O)N1CC[C@H](c2ccccc2)S(=O)(=O)CC1. The number of hydrogen-bond donors (Lipinski definition) is 0. The van der Waals surface area contributed by atoms with Crippen LogP contribution < -0.4 is 0 Å². The lowest BCUT2D eigenvalue weighted by molar-refractivity contribution is -0.134. The zero-order valence-corrected chi connectivity index (χ0v) is 12.3. The summed E-state index contributed by atoms with van der Waals surface area (Å²) < 4.78 is 29.5. The summed E-state index contributed by atoms with van der Waals surface area (Å²) in [4.78, 5) is 13.4. The van der Waals surface area contributed by atoms with Gasteiger partial charge in [-0.25, -0.2) is 8.42 Å². The number of carbonyl (C=O) groups is 1. The summed E-state index contributed by atoms with van der Waals surface area (Å²) in [5.74, 6) is -0.154. The summed E-state index contributed by atoms with van der Waals surface area (Å²) in [6, 6.07) is 9.19. The highest BCUT2D eigenvalue weighted by atomic mass is 32.2. The van der Waals surface area contributed by atoms with Gasteiger partial charge in [0.1, 0.15) is 6.61 Å². The number of amides is 1. The molecule has 1 atom stereocenters. The van der Waals surface area contributed by atoms with Crippen molar-refractivity contribution in [1.82, 2.24) is 4.90 Å². The van der Waals surface area contributed by atoms with E-state index < -0.39 is 15.1 Å². The smallest absolute Gasteiger partial charge is 0.248 e. The average molecular weight is 297 g/mol. The van der Waals surface area contributed by atoms with Crippen molar-refractivity contribution in [2.45, 2.75) is 11.7 Å². The van der Waals surface area contributed by atoms with Crippen molar-refractivity contribution in [2.24, 2.45) is 0 Å². The molecule has 1 heterocycles. The normalized spacial score (nSPS) is 22.2. The van der Waals surface area contributed by atoms with E-state index in [4.69, 9.17) is 4.74 Å². The van der Waals surface area contributed by atoms with Crippen molar-refractivity contribution in [3.05, 3.63) is 35.9 Å². The fourth-order valence-corrected chi connectivity index (χ4v) is 4.25. The van der Waals surface area contributed by atoms with Gasteiger partial charge >= 0.3 is 0 Å². The first-order valence-electron chi connectivity index (χ1n) is 6.58. The third-order valence-corrected chi connectivity index (χ3v) is 5.66. The molecule has 0 spiro atoms. The Morgan fingerprint density at radius 1 is 1.30 bits per heavy atom. The number of benzene rings is 1. The maximum Gasteiger partial charge on any atom is 0.248 e. The topological polar surface area (TPSA) is 63.7 Å². The molecule has 110 valence electrons. The minimum atomic E-state index is -3.23. The molecule has 1 saturated heterocycles. The summed E-state index contributed by atoms with van der Waals surface area (Å²) in [5.41, 5.74) is 0.800. The molecule has 0 aliphatic carbocycles. The lowest BCUT2D eigenvalue weighted by Crippen LogP contribution is -2.36. The summed E-state index contributed by atoms with van der Waals surface area (Å²) in [6.07, 6.45) is 0.432. The second-order valence-corrected chi connectivity index (χ2v) is 7.17. The van der Waals surface area contributed by atoms with Crippen molar-refractivity contribution in [3.8, 4) is 0 Å². The molecule has 0 unspecified atom stereocenters. The molecule has 0 radical (unpaired) electrons. The van der Waals surface area contributed by atoms with Gasteiger partial charge in [-0.2, -0.15) is 0 Å². The molecule has 1 aromatic carbocycles. The minimum absolute atomic E-state index is 0.00200. The number of ether oxygens (including phenoxy) is 1. The third kappa shape index (κ3) is 3.37. The van der Waals surface area contributed by atoms with Crippen LogP contribution in [0.5, 0.6) is 0 Å². The molecule has 1 fully saturated rings. The van der Waals surface area contributed by atoms with Crippen LogP contribution in [0.25, 0.3) is 0 Å². The number of hydrogen-bond acceptors (Lipinski definition) is 4. The van der Waals surface area contributed by atoms with E-state index in [-0.39, 0.29) is 24.8 Å². The number of methoxy groups -OCH3 is 1. The zero-order chi connectivity index (χ0) is 14.6. The molecule has 1 aliphatic rings. The summed E-state index contributed by atoms with van der Waals surface area (Å²) in [6.45, 7) is 0.685. The van der Waals surface area contributed by atoms with Crippen LogP contribution in [0.2, 0.25) is 0 Å². The van der Waals surface area contributed by atoms with Gasteiger partial charge in [-0.3, -0.25) is 4.79 Å². The number of carbonyl (C=O) groups excluding carboxylic acids is 1. The molecule has 0 N–H and O–H groups in total. The Bertz CT molecular complexity index is 556. The van der Waals surface area contributed by atoms with E-state index in [9.17, 15) is 13.2 Å². The minimum Gasteiger partial charge on any atom is -0.375 e. The van der Waals surface area contributed by atoms with Crippen LogP contribution in [-0.2, 0) is 19.4 Å². The van der Waals surface area contributed by atoms with Gasteiger partial charge in [-0.15, -0.1) is 0 Å². The molecule has 5 nitrogen and oxygen atoms in total. The Kier molecular flexibility index (Phi) is 4.77. The summed E-state index contributed by atoms with van der Waals surface area (Å²) in [5, 5.41) is -0.524. The summed E-state index contributed by atoms with van der Waals surface area (Å²) >= 11 is 0. The van der Waals surface area contributed by atoms with Gasteiger partial charge < -0.3 is 9.64 Å². The largest absolute Gasteiger partial charge is 0.375 e. The molecule has 1 amide bonds.